The summed E-state index contributed by atoms with van der Waals surface area (Å²) in [6.07, 6.45) is -3.01. The van der Waals surface area contributed by atoms with Crippen molar-refractivity contribution < 1.29 is 27.8 Å². The second-order valence-electron chi connectivity index (χ2n) is 8.45. The maximum Gasteiger partial charge on any atom is 0.417 e. The molecule has 0 amide bonds. The quantitative estimate of drug-likeness (QED) is 0.625. The van der Waals surface area contributed by atoms with E-state index in [1.807, 2.05) is 12.1 Å². The van der Waals surface area contributed by atoms with Crippen LogP contribution < -0.4 is 9.47 Å². The zero-order valence-electron chi connectivity index (χ0n) is 15.8. The van der Waals surface area contributed by atoms with E-state index in [-0.39, 0.29) is 0 Å². The number of nitrogens with zero attached hydrogens (tertiary/aromatic N) is 1. The maximum absolute atomic E-state index is 13.5. The van der Waals surface area contributed by atoms with Gasteiger partial charge in [0.1, 0.15) is 0 Å². The number of aromatic amines is 1. The predicted molar refractivity (Wildman–Crippen MR) is 98.9 cm³/mol. The summed E-state index contributed by atoms with van der Waals surface area (Å²) in [5, 5.41) is 11.3. The smallest absolute Gasteiger partial charge is 0.417 e. The molecule has 5 rings (SSSR count). The molecule has 1 aliphatic heterocycles. The van der Waals surface area contributed by atoms with Gasteiger partial charge in [-0.3, -0.25) is 4.98 Å². The second kappa shape index (κ2) is 5.66. The lowest BCUT2D eigenvalue weighted by molar-refractivity contribution is -0.268. The van der Waals surface area contributed by atoms with Crippen molar-refractivity contribution in [2.45, 2.75) is 50.2 Å². The van der Waals surface area contributed by atoms with Crippen molar-refractivity contribution in [1.29, 1.82) is 0 Å². The zero-order chi connectivity index (χ0) is 20.6. The number of rotatable bonds is 1. The van der Waals surface area contributed by atoms with E-state index < -0.39 is 36.3 Å². The molecule has 3 aromatic rings. The number of pyridine rings is 1. The van der Waals surface area contributed by atoms with Crippen molar-refractivity contribution in [3.63, 3.8) is 0 Å². The van der Waals surface area contributed by atoms with Gasteiger partial charge in [0, 0.05) is 23.6 Å². The molecule has 8 heteroatoms. The van der Waals surface area contributed by atoms with Crippen LogP contribution in [0, 0.1) is 0 Å². The van der Waals surface area contributed by atoms with Crippen molar-refractivity contribution >= 4 is 10.9 Å². The van der Waals surface area contributed by atoms with Crippen LogP contribution in [-0.2, 0) is 11.8 Å². The first kappa shape index (κ1) is 18.3. The molecule has 3 heterocycles. The van der Waals surface area contributed by atoms with Gasteiger partial charge in [-0.05, 0) is 35.6 Å². The van der Waals surface area contributed by atoms with Gasteiger partial charge in [-0.15, -0.1) is 0 Å². The molecule has 2 aromatic heterocycles. The van der Waals surface area contributed by atoms with Crippen molar-refractivity contribution in [2.75, 3.05) is 0 Å². The Hall–Kier alpha value is -2.74. The fourth-order valence-electron chi connectivity index (χ4n) is 4.60. The first-order valence-electron chi connectivity index (χ1n) is 9.29. The lowest BCUT2D eigenvalue weighted by Crippen LogP contribution is -2.53. The van der Waals surface area contributed by atoms with E-state index in [0.29, 0.717) is 28.3 Å². The van der Waals surface area contributed by atoms with Gasteiger partial charge in [-0.2, -0.15) is 13.2 Å². The summed E-state index contributed by atoms with van der Waals surface area (Å²) in [4.78, 5) is 7.28. The number of hydrogen-bond acceptors (Lipinski definition) is 4. The Labute approximate surface area is 164 Å². The van der Waals surface area contributed by atoms with E-state index in [1.54, 1.807) is 38.4 Å². The Bertz CT molecular complexity index is 1090. The number of nitrogens with one attached hydrogen (secondary N) is 1. The number of alkyl halides is 3. The maximum atomic E-state index is 13.5. The molecule has 152 valence electrons. The van der Waals surface area contributed by atoms with E-state index in [9.17, 15) is 18.3 Å². The van der Waals surface area contributed by atoms with E-state index in [0.717, 1.165) is 10.9 Å². The van der Waals surface area contributed by atoms with E-state index in [4.69, 9.17) is 9.47 Å². The van der Waals surface area contributed by atoms with Gasteiger partial charge < -0.3 is 19.6 Å². The molecule has 0 saturated heterocycles. The van der Waals surface area contributed by atoms with Crippen molar-refractivity contribution in [2.24, 2.45) is 0 Å². The molecule has 1 aliphatic carbocycles. The molecule has 0 fully saturated rings. The van der Waals surface area contributed by atoms with E-state index in [2.05, 4.69) is 9.97 Å². The lowest BCUT2D eigenvalue weighted by Gasteiger charge is -2.43. The minimum Gasteiger partial charge on any atom is -0.445 e. The minimum atomic E-state index is -4.71. The van der Waals surface area contributed by atoms with Crippen LogP contribution in [0.1, 0.15) is 43.4 Å². The van der Waals surface area contributed by atoms with Gasteiger partial charge in [0.25, 0.3) is 6.29 Å². The minimum absolute atomic E-state index is 0.421. The molecule has 1 aromatic carbocycles. The highest BCUT2D eigenvalue weighted by molar-refractivity contribution is 5.79. The third-order valence-electron chi connectivity index (χ3n) is 5.79. The van der Waals surface area contributed by atoms with Gasteiger partial charge in [0.2, 0.25) is 0 Å². The molecule has 0 bridgehead atoms. The molecular weight excluding hydrogens is 385 g/mol. The standard InChI is InChI=1S/C21H19F3N2O3/c1-19(2)10-20(27,21(22,23)24)8-12-3-4-15-17(16(12)19)29-18(28-15)13-7-11-5-6-25-9-14(11)26-13/h3-7,9,18,26-27H,8,10H2,1-2H3. The summed E-state index contributed by atoms with van der Waals surface area (Å²) in [5.74, 6) is 0.926. The van der Waals surface area contributed by atoms with Crippen molar-refractivity contribution in [1.82, 2.24) is 9.97 Å². The van der Waals surface area contributed by atoms with Crippen LogP contribution in [-0.4, -0.2) is 26.9 Å². The summed E-state index contributed by atoms with van der Waals surface area (Å²) in [6, 6.07) is 6.96. The third kappa shape index (κ3) is 2.69. The van der Waals surface area contributed by atoms with Crippen molar-refractivity contribution in [3.8, 4) is 11.5 Å². The molecule has 2 atom stereocenters. The highest BCUT2D eigenvalue weighted by atomic mass is 19.4. The highest BCUT2D eigenvalue weighted by Gasteiger charge is 2.59. The number of hydrogen-bond donors (Lipinski definition) is 2. The Balaban J connectivity index is 1.54. The number of ether oxygens (including phenoxy) is 2. The normalized spacial score (nSPS) is 25.2. The van der Waals surface area contributed by atoms with Crippen molar-refractivity contribution in [3.05, 3.63) is 53.5 Å². The Morgan fingerprint density at radius 3 is 2.72 bits per heavy atom. The molecule has 0 spiro atoms. The van der Waals surface area contributed by atoms with Crippen LogP contribution in [0.25, 0.3) is 10.9 Å². The zero-order valence-corrected chi connectivity index (χ0v) is 15.8. The van der Waals surface area contributed by atoms with Crippen LogP contribution in [0.4, 0.5) is 13.2 Å². The number of benzene rings is 1. The number of halogens is 3. The predicted octanol–water partition coefficient (Wildman–Crippen LogP) is 4.55. The molecule has 2 aliphatic rings. The molecule has 2 N–H and O–H groups in total. The van der Waals surface area contributed by atoms with Gasteiger partial charge in [-0.1, -0.05) is 19.9 Å². The number of H-pyrrole nitrogens is 1. The van der Waals surface area contributed by atoms with Gasteiger partial charge >= 0.3 is 6.18 Å². The Morgan fingerprint density at radius 2 is 2.00 bits per heavy atom. The van der Waals surface area contributed by atoms with Crippen LogP contribution in [0.2, 0.25) is 0 Å². The van der Waals surface area contributed by atoms with E-state index in [1.165, 1.54) is 0 Å². The Kier molecular flexibility index (Phi) is 3.57. The van der Waals surface area contributed by atoms with Crippen LogP contribution in [0.3, 0.4) is 0 Å². The van der Waals surface area contributed by atoms with Gasteiger partial charge in [0.15, 0.2) is 17.1 Å². The molecule has 2 unspecified atom stereocenters. The fraction of sp³-hybridized carbons (Fsp3) is 0.381. The summed E-state index contributed by atoms with van der Waals surface area (Å²) in [7, 11) is 0. The largest absolute Gasteiger partial charge is 0.445 e. The third-order valence-corrected chi connectivity index (χ3v) is 5.79. The molecule has 5 nitrogen and oxygen atoms in total. The average molecular weight is 404 g/mol. The fourth-order valence-corrected chi connectivity index (χ4v) is 4.60. The molecule has 0 saturated carbocycles. The first-order valence-corrected chi connectivity index (χ1v) is 9.29. The molecular formula is C21H19F3N2O3. The highest BCUT2D eigenvalue weighted by Crippen LogP contribution is 2.55. The lowest BCUT2D eigenvalue weighted by atomic mass is 9.65. The molecule has 29 heavy (non-hydrogen) atoms. The monoisotopic (exact) mass is 404 g/mol. The first-order chi connectivity index (χ1) is 13.6. The Morgan fingerprint density at radius 1 is 1.21 bits per heavy atom. The number of aliphatic hydroxyl groups is 1. The van der Waals surface area contributed by atoms with Crippen LogP contribution >= 0.6 is 0 Å². The number of fused-ring (bicyclic) bond motifs is 4. The average Bonchev–Trinajstić information content (AvgIpc) is 3.23. The topological polar surface area (TPSA) is 67.4 Å². The summed E-state index contributed by atoms with van der Waals surface area (Å²) in [5.41, 5.74) is -1.11. The van der Waals surface area contributed by atoms with Gasteiger partial charge in [-0.25, -0.2) is 0 Å². The van der Waals surface area contributed by atoms with Gasteiger partial charge in [0.05, 0.1) is 17.4 Å². The summed E-state index contributed by atoms with van der Waals surface area (Å²) < 4.78 is 52.5. The number of aromatic nitrogens is 2. The van der Waals surface area contributed by atoms with Crippen LogP contribution in [0.15, 0.2) is 36.7 Å². The second-order valence-corrected chi connectivity index (χ2v) is 8.45. The molecule has 0 radical (unpaired) electrons. The summed E-state index contributed by atoms with van der Waals surface area (Å²) >= 11 is 0. The van der Waals surface area contributed by atoms with Crippen LogP contribution in [0.5, 0.6) is 11.5 Å². The SMILES string of the molecule is CC1(C)CC(O)(C(F)(F)F)Cc2ccc3c(c21)OC(c1cc2ccncc2[nH]1)O3. The summed E-state index contributed by atoms with van der Waals surface area (Å²) in [6.45, 7) is 3.38. The van der Waals surface area contributed by atoms with E-state index >= 15 is 0 Å².